The van der Waals surface area contributed by atoms with Crippen molar-refractivity contribution in [3.05, 3.63) is 50.4 Å². The van der Waals surface area contributed by atoms with E-state index >= 15 is 0 Å². The molecule has 0 N–H and O–H groups in total. The first-order chi connectivity index (χ1) is 9.10. The number of amides is 1. The summed E-state index contributed by atoms with van der Waals surface area (Å²) in [5.41, 5.74) is 2.62. The van der Waals surface area contributed by atoms with Crippen LogP contribution in [-0.2, 0) is 6.54 Å². The molecule has 100 valence electrons. The number of nitrogens with zero attached hydrogens (tertiary/aromatic N) is 2. The lowest BCUT2D eigenvalue weighted by Crippen LogP contribution is -2.30. The highest BCUT2D eigenvalue weighted by molar-refractivity contribution is 9.11. The Bertz CT molecular complexity index is 582. The van der Waals surface area contributed by atoms with Gasteiger partial charge in [0, 0.05) is 17.6 Å². The quantitative estimate of drug-likeness (QED) is 0.847. The fourth-order valence-corrected chi connectivity index (χ4v) is 2.95. The van der Waals surface area contributed by atoms with Gasteiger partial charge in [-0.3, -0.25) is 9.78 Å². The molecule has 19 heavy (non-hydrogen) atoms. The molecule has 1 amide bonds. The molecule has 2 heterocycles. The zero-order valence-corrected chi connectivity index (χ0v) is 13.3. The second kappa shape index (κ2) is 6.30. The smallest absolute Gasteiger partial charge is 0.255 e. The minimum absolute atomic E-state index is 0.0488. The van der Waals surface area contributed by atoms with E-state index in [1.807, 2.05) is 43.5 Å². The molecule has 3 nitrogen and oxygen atoms in total. The number of pyridine rings is 1. The normalized spacial score (nSPS) is 10.5. The fourth-order valence-electron chi connectivity index (χ4n) is 1.82. The lowest BCUT2D eigenvalue weighted by Gasteiger charge is -2.20. The van der Waals surface area contributed by atoms with Crippen LogP contribution in [0.1, 0.15) is 28.7 Å². The first-order valence-corrected chi connectivity index (χ1v) is 7.73. The van der Waals surface area contributed by atoms with Crippen molar-refractivity contribution >= 4 is 33.2 Å². The van der Waals surface area contributed by atoms with Gasteiger partial charge < -0.3 is 4.90 Å². The second-order valence-electron chi connectivity index (χ2n) is 4.23. The largest absolute Gasteiger partial charge is 0.333 e. The molecule has 0 fully saturated rings. The van der Waals surface area contributed by atoms with Crippen LogP contribution in [-0.4, -0.2) is 22.3 Å². The van der Waals surface area contributed by atoms with E-state index in [0.717, 1.165) is 20.7 Å². The van der Waals surface area contributed by atoms with Crippen LogP contribution in [0.25, 0.3) is 0 Å². The number of aromatic nitrogens is 1. The van der Waals surface area contributed by atoms with E-state index in [1.165, 1.54) is 11.3 Å². The van der Waals surface area contributed by atoms with Crippen LogP contribution in [0.2, 0.25) is 0 Å². The highest BCUT2D eigenvalue weighted by Crippen LogP contribution is 2.22. The van der Waals surface area contributed by atoms with Crippen LogP contribution in [0.4, 0.5) is 0 Å². The molecule has 0 aromatic carbocycles. The minimum Gasteiger partial charge on any atom is -0.333 e. The van der Waals surface area contributed by atoms with Gasteiger partial charge in [0.2, 0.25) is 0 Å². The summed E-state index contributed by atoms with van der Waals surface area (Å²) in [6.07, 6.45) is 0. The lowest BCUT2D eigenvalue weighted by atomic mass is 10.2. The summed E-state index contributed by atoms with van der Waals surface area (Å²) < 4.78 is 0.973. The molecule has 0 atom stereocenters. The van der Waals surface area contributed by atoms with Crippen LogP contribution < -0.4 is 0 Å². The summed E-state index contributed by atoms with van der Waals surface area (Å²) in [5, 5.41) is 1.87. The highest BCUT2D eigenvalue weighted by Gasteiger charge is 2.16. The molecule has 0 aliphatic carbocycles. The van der Waals surface area contributed by atoms with Crippen LogP contribution in [0.15, 0.2) is 33.4 Å². The van der Waals surface area contributed by atoms with Crippen LogP contribution in [0.5, 0.6) is 0 Å². The average Bonchev–Trinajstić information content (AvgIpc) is 2.82. The highest BCUT2D eigenvalue weighted by atomic mass is 79.9. The fraction of sp³-hybridized carbons (Fsp3) is 0.286. The summed E-state index contributed by atoms with van der Waals surface area (Å²) in [5.74, 6) is 0.0488. The van der Waals surface area contributed by atoms with Gasteiger partial charge in [-0.15, -0.1) is 11.3 Å². The Balaban J connectivity index is 2.14. The number of hydrogen-bond acceptors (Lipinski definition) is 3. The van der Waals surface area contributed by atoms with E-state index < -0.39 is 0 Å². The van der Waals surface area contributed by atoms with E-state index in [2.05, 4.69) is 20.9 Å². The average molecular weight is 339 g/mol. The van der Waals surface area contributed by atoms with Gasteiger partial charge in [0.05, 0.1) is 21.6 Å². The Hall–Kier alpha value is -1.20. The Kier molecular flexibility index (Phi) is 4.71. The van der Waals surface area contributed by atoms with E-state index in [-0.39, 0.29) is 5.91 Å². The van der Waals surface area contributed by atoms with Gasteiger partial charge in [0.15, 0.2) is 0 Å². The molecule has 0 unspecified atom stereocenters. The Labute approximate surface area is 125 Å². The van der Waals surface area contributed by atoms with Gasteiger partial charge in [0.25, 0.3) is 5.91 Å². The summed E-state index contributed by atoms with van der Waals surface area (Å²) >= 11 is 4.91. The van der Waals surface area contributed by atoms with Gasteiger partial charge in [-0.05, 0) is 48.0 Å². The maximum atomic E-state index is 12.4. The van der Waals surface area contributed by atoms with Crippen LogP contribution in [0.3, 0.4) is 0 Å². The molecule has 0 aliphatic rings. The van der Waals surface area contributed by atoms with E-state index in [0.29, 0.717) is 13.1 Å². The second-order valence-corrected chi connectivity index (χ2v) is 6.52. The molecule has 2 aromatic rings. The Morgan fingerprint density at radius 2 is 2.26 bits per heavy atom. The van der Waals surface area contributed by atoms with E-state index in [1.54, 1.807) is 4.90 Å². The number of carbonyl (C=O) groups is 1. The molecular formula is C14H15BrN2OS. The predicted molar refractivity (Wildman–Crippen MR) is 81.4 cm³/mol. The number of hydrogen-bond donors (Lipinski definition) is 0. The molecule has 5 heteroatoms. The molecule has 0 bridgehead atoms. The molecule has 0 radical (unpaired) electrons. The number of carbonyl (C=O) groups excluding carboxylic acids is 1. The third-order valence-electron chi connectivity index (χ3n) is 2.78. The topological polar surface area (TPSA) is 33.2 Å². The minimum atomic E-state index is 0.0488. The zero-order valence-electron chi connectivity index (χ0n) is 10.9. The Morgan fingerprint density at radius 3 is 2.84 bits per heavy atom. The third-order valence-corrected chi connectivity index (χ3v) is 4.29. The van der Waals surface area contributed by atoms with Gasteiger partial charge in [0.1, 0.15) is 0 Å². The van der Waals surface area contributed by atoms with Gasteiger partial charge in [-0.2, -0.15) is 0 Å². The van der Waals surface area contributed by atoms with Crippen molar-refractivity contribution in [3.63, 3.8) is 0 Å². The summed E-state index contributed by atoms with van der Waals surface area (Å²) in [6.45, 7) is 5.15. The maximum absolute atomic E-state index is 12.4. The zero-order chi connectivity index (χ0) is 13.8. The predicted octanol–water partition coefficient (Wildman–Crippen LogP) is 3.88. The third kappa shape index (κ3) is 3.64. The SMILES string of the molecule is CCN(Cc1cccc(C)n1)C(=O)c1csc(Br)c1. The summed E-state index contributed by atoms with van der Waals surface area (Å²) in [7, 11) is 0. The number of thiophene rings is 1. The standard InChI is InChI=1S/C14H15BrN2OS/c1-3-17(8-12-6-4-5-10(2)16-12)14(18)11-7-13(15)19-9-11/h4-7,9H,3,8H2,1-2H3. The number of aryl methyl sites for hydroxylation is 1. The first kappa shape index (κ1) is 14.2. The van der Waals surface area contributed by atoms with Gasteiger partial charge >= 0.3 is 0 Å². The molecule has 0 aliphatic heterocycles. The molecule has 2 aromatic heterocycles. The van der Waals surface area contributed by atoms with Crippen molar-refractivity contribution in [2.45, 2.75) is 20.4 Å². The van der Waals surface area contributed by atoms with Gasteiger partial charge in [-0.1, -0.05) is 6.07 Å². The van der Waals surface area contributed by atoms with Crippen molar-refractivity contribution < 1.29 is 4.79 Å². The van der Waals surface area contributed by atoms with Crippen LogP contribution in [0, 0.1) is 6.92 Å². The molecule has 0 saturated carbocycles. The van der Waals surface area contributed by atoms with E-state index in [9.17, 15) is 4.79 Å². The number of rotatable bonds is 4. The van der Waals surface area contributed by atoms with Crippen molar-refractivity contribution in [1.29, 1.82) is 0 Å². The van der Waals surface area contributed by atoms with Crippen molar-refractivity contribution in [1.82, 2.24) is 9.88 Å². The van der Waals surface area contributed by atoms with E-state index in [4.69, 9.17) is 0 Å². The van der Waals surface area contributed by atoms with Crippen molar-refractivity contribution in [3.8, 4) is 0 Å². The maximum Gasteiger partial charge on any atom is 0.255 e. The Morgan fingerprint density at radius 1 is 1.47 bits per heavy atom. The summed E-state index contributed by atoms with van der Waals surface area (Å²) in [6, 6.07) is 7.74. The number of halogens is 1. The summed E-state index contributed by atoms with van der Waals surface area (Å²) in [4.78, 5) is 18.6. The monoisotopic (exact) mass is 338 g/mol. The van der Waals surface area contributed by atoms with Crippen molar-refractivity contribution in [2.24, 2.45) is 0 Å². The first-order valence-electron chi connectivity index (χ1n) is 6.06. The molecule has 0 spiro atoms. The molecule has 0 saturated heterocycles. The molecular weight excluding hydrogens is 324 g/mol. The molecule has 2 rings (SSSR count). The lowest BCUT2D eigenvalue weighted by molar-refractivity contribution is 0.0751. The van der Waals surface area contributed by atoms with Gasteiger partial charge in [-0.25, -0.2) is 0 Å². The van der Waals surface area contributed by atoms with Crippen molar-refractivity contribution in [2.75, 3.05) is 6.54 Å². The van der Waals surface area contributed by atoms with Crippen LogP contribution >= 0.6 is 27.3 Å².